The minimum Gasteiger partial charge on any atom is -0.273 e. The van der Waals surface area contributed by atoms with E-state index >= 15 is 0 Å². The summed E-state index contributed by atoms with van der Waals surface area (Å²) in [4.78, 5) is 23.7. The van der Waals surface area contributed by atoms with Crippen LogP contribution in [-0.2, 0) is 16.0 Å². The van der Waals surface area contributed by atoms with E-state index in [0.717, 1.165) is 25.7 Å². The second kappa shape index (κ2) is 7.66. The van der Waals surface area contributed by atoms with Crippen LogP contribution in [-0.4, -0.2) is 11.8 Å². The molecule has 1 aliphatic rings. The fourth-order valence-electron chi connectivity index (χ4n) is 2.48. The summed E-state index contributed by atoms with van der Waals surface area (Å²) in [6.45, 7) is 0. The lowest BCUT2D eigenvalue weighted by molar-refractivity contribution is -0.131. The van der Waals surface area contributed by atoms with Crippen LogP contribution < -0.4 is 10.9 Å². The molecule has 1 aromatic rings. The van der Waals surface area contributed by atoms with Crippen LogP contribution >= 0.6 is 23.2 Å². The third-order valence-corrected chi connectivity index (χ3v) is 4.25. The topological polar surface area (TPSA) is 58.2 Å². The fourth-order valence-corrected chi connectivity index (χ4v) is 2.96. The van der Waals surface area contributed by atoms with Gasteiger partial charge in [-0.3, -0.25) is 20.4 Å². The summed E-state index contributed by atoms with van der Waals surface area (Å²) in [5.41, 5.74) is 5.61. The smallest absolute Gasteiger partial charge is 0.242 e. The van der Waals surface area contributed by atoms with E-state index < -0.39 is 0 Å². The average molecular weight is 329 g/mol. The van der Waals surface area contributed by atoms with Crippen molar-refractivity contribution in [3.05, 3.63) is 33.8 Å². The molecule has 1 fully saturated rings. The molecule has 0 heterocycles. The Bertz CT molecular complexity index is 528. The molecule has 4 nitrogen and oxygen atoms in total. The van der Waals surface area contributed by atoms with Crippen LogP contribution in [0.1, 0.15) is 37.7 Å². The van der Waals surface area contributed by atoms with Crippen molar-refractivity contribution in [3.8, 4) is 0 Å². The molecule has 0 bridgehead atoms. The molecular weight excluding hydrogens is 311 g/mol. The Morgan fingerprint density at radius 2 is 1.81 bits per heavy atom. The van der Waals surface area contributed by atoms with Crippen molar-refractivity contribution in [1.82, 2.24) is 10.9 Å². The highest BCUT2D eigenvalue weighted by Gasteiger charge is 2.21. The summed E-state index contributed by atoms with van der Waals surface area (Å²) in [6.07, 6.45) is 5.22. The highest BCUT2D eigenvalue weighted by atomic mass is 35.5. The molecule has 2 amide bonds. The number of rotatable bonds is 3. The van der Waals surface area contributed by atoms with Crippen molar-refractivity contribution in [1.29, 1.82) is 0 Å². The Morgan fingerprint density at radius 1 is 1.10 bits per heavy atom. The van der Waals surface area contributed by atoms with Crippen molar-refractivity contribution in [2.24, 2.45) is 5.92 Å². The number of carbonyl (C=O) groups is 2. The molecule has 0 saturated heterocycles. The van der Waals surface area contributed by atoms with E-state index in [4.69, 9.17) is 23.2 Å². The molecule has 1 saturated carbocycles. The van der Waals surface area contributed by atoms with Crippen LogP contribution in [0.5, 0.6) is 0 Å². The van der Waals surface area contributed by atoms with E-state index in [1.54, 1.807) is 18.2 Å². The van der Waals surface area contributed by atoms with Crippen LogP contribution in [0.4, 0.5) is 0 Å². The molecule has 2 N–H and O–H groups in total. The molecule has 0 spiro atoms. The van der Waals surface area contributed by atoms with Gasteiger partial charge in [0.25, 0.3) is 0 Å². The Kier molecular flexibility index (Phi) is 5.88. The quantitative estimate of drug-likeness (QED) is 0.836. The van der Waals surface area contributed by atoms with Gasteiger partial charge in [0.2, 0.25) is 11.8 Å². The molecule has 0 aliphatic heterocycles. The lowest BCUT2D eigenvalue weighted by Gasteiger charge is -2.20. The second-order valence-electron chi connectivity index (χ2n) is 5.28. The summed E-state index contributed by atoms with van der Waals surface area (Å²) >= 11 is 11.8. The van der Waals surface area contributed by atoms with Crippen LogP contribution in [0.25, 0.3) is 0 Å². The molecule has 21 heavy (non-hydrogen) atoms. The van der Waals surface area contributed by atoms with E-state index in [1.165, 1.54) is 6.42 Å². The van der Waals surface area contributed by atoms with Gasteiger partial charge in [0.1, 0.15) is 0 Å². The van der Waals surface area contributed by atoms with E-state index in [9.17, 15) is 9.59 Å². The number of hydrogen-bond acceptors (Lipinski definition) is 2. The van der Waals surface area contributed by atoms with E-state index in [0.29, 0.717) is 15.6 Å². The second-order valence-corrected chi connectivity index (χ2v) is 6.13. The summed E-state index contributed by atoms with van der Waals surface area (Å²) < 4.78 is 0. The van der Waals surface area contributed by atoms with E-state index in [2.05, 4.69) is 10.9 Å². The summed E-state index contributed by atoms with van der Waals surface area (Å²) in [5, 5.41) is 0.964. The van der Waals surface area contributed by atoms with Crippen molar-refractivity contribution in [3.63, 3.8) is 0 Å². The number of hydrogen-bond donors (Lipinski definition) is 2. The van der Waals surface area contributed by atoms with Crippen LogP contribution in [0, 0.1) is 5.92 Å². The van der Waals surface area contributed by atoms with Gasteiger partial charge in [0.05, 0.1) is 6.42 Å². The van der Waals surface area contributed by atoms with Gasteiger partial charge in [-0.25, -0.2) is 0 Å². The lowest BCUT2D eigenvalue weighted by atomic mass is 9.89. The molecule has 114 valence electrons. The van der Waals surface area contributed by atoms with Gasteiger partial charge >= 0.3 is 0 Å². The third kappa shape index (κ3) is 4.90. The minimum absolute atomic E-state index is 0.0122. The molecule has 6 heteroatoms. The van der Waals surface area contributed by atoms with E-state index in [1.807, 2.05) is 0 Å². The average Bonchev–Trinajstić information content (AvgIpc) is 2.48. The maximum Gasteiger partial charge on any atom is 0.242 e. The zero-order valence-electron chi connectivity index (χ0n) is 11.6. The van der Waals surface area contributed by atoms with Crippen molar-refractivity contribution in [2.45, 2.75) is 38.5 Å². The van der Waals surface area contributed by atoms with E-state index in [-0.39, 0.29) is 24.2 Å². The predicted molar refractivity (Wildman–Crippen MR) is 83.0 cm³/mol. The van der Waals surface area contributed by atoms with Gasteiger partial charge in [-0.1, -0.05) is 48.5 Å². The van der Waals surface area contributed by atoms with Crippen LogP contribution in [0.2, 0.25) is 10.0 Å². The third-order valence-electron chi connectivity index (χ3n) is 3.67. The van der Waals surface area contributed by atoms with Crippen LogP contribution in [0.15, 0.2) is 18.2 Å². The normalized spacial score (nSPS) is 15.5. The molecule has 0 radical (unpaired) electrons. The predicted octanol–water partition coefficient (Wildman–Crippen LogP) is 3.26. The van der Waals surface area contributed by atoms with Gasteiger partial charge in [0.15, 0.2) is 0 Å². The largest absolute Gasteiger partial charge is 0.273 e. The highest BCUT2D eigenvalue weighted by Crippen LogP contribution is 2.23. The van der Waals surface area contributed by atoms with Crippen LogP contribution in [0.3, 0.4) is 0 Å². The molecule has 1 aliphatic carbocycles. The van der Waals surface area contributed by atoms with Gasteiger partial charge in [-0.15, -0.1) is 0 Å². The Balaban J connectivity index is 1.80. The zero-order chi connectivity index (χ0) is 15.2. The number of hydrazine groups is 1. The number of amides is 2. The number of carbonyl (C=O) groups excluding carboxylic acids is 2. The number of halogens is 2. The molecule has 0 aromatic heterocycles. The molecule has 0 unspecified atom stereocenters. The fraction of sp³-hybridized carbons (Fsp3) is 0.467. The van der Waals surface area contributed by atoms with Gasteiger partial charge < -0.3 is 0 Å². The lowest BCUT2D eigenvalue weighted by Crippen LogP contribution is -2.45. The zero-order valence-corrected chi connectivity index (χ0v) is 13.1. The molecule has 2 rings (SSSR count). The number of benzene rings is 1. The van der Waals surface area contributed by atoms with Gasteiger partial charge in [-0.05, 0) is 30.5 Å². The molecule has 1 aromatic carbocycles. The summed E-state index contributed by atoms with van der Waals surface area (Å²) in [6, 6.07) is 4.97. The van der Waals surface area contributed by atoms with Crippen molar-refractivity contribution < 1.29 is 9.59 Å². The first kappa shape index (κ1) is 16.1. The first-order valence-electron chi connectivity index (χ1n) is 7.09. The first-order chi connectivity index (χ1) is 10.1. The first-order valence-corrected chi connectivity index (χ1v) is 7.84. The number of nitrogens with one attached hydrogen (secondary N) is 2. The minimum atomic E-state index is -0.302. The Labute approximate surface area is 134 Å². The van der Waals surface area contributed by atoms with Crippen molar-refractivity contribution >= 4 is 35.0 Å². The summed E-state index contributed by atoms with van der Waals surface area (Å²) in [7, 11) is 0. The SMILES string of the molecule is O=C(Cc1ccc(Cl)cc1Cl)NNC(=O)C1CCCCC1. The summed E-state index contributed by atoms with van der Waals surface area (Å²) in [5.74, 6) is -0.396. The molecule has 0 atom stereocenters. The standard InChI is InChI=1S/C15H18Cl2N2O2/c16-12-7-6-11(13(17)9-12)8-14(20)18-19-15(21)10-4-2-1-3-5-10/h6-7,9-10H,1-5,8H2,(H,18,20)(H,19,21). The van der Waals surface area contributed by atoms with Gasteiger partial charge in [-0.2, -0.15) is 0 Å². The molecular formula is C15H18Cl2N2O2. The monoisotopic (exact) mass is 328 g/mol. The maximum atomic E-state index is 11.9. The Morgan fingerprint density at radius 3 is 2.48 bits per heavy atom. The Hall–Kier alpha value is -1.26. The van der Waals surface area contributed by atoms with Gasteiger partial charge in [0, 0.05) is 16.0 Å². The van der Waals surface area contributed by atoms with Crippen molar-refractivity contribution in [2.75, 3.05) is 0 Å². The maximum absolute atomic E-state index is 11.9. The highest BCUT2D eigenvalue weighted by molar-refractivity contribution is 6.35.